The average Bonchev–Trinajstić information content (AvgIpc) is 2.98. The molecule has 1 heterocycles. The molecule has 0 aromatic heterocycles. The van der Waals surface area contributed by atoms with E-state index in [2.05, 4.69) is 12.2 Å². The summed E-state index contributed by atoms with van der Waals surface area (Å²) in [7, 11) is 0. The number of hydrogen-bond donors (Lipinski definition) is 1. The largest absolute Gasteiger partial charge is 0.374 e. The van der Waals surface area contributed by atoms with E-state index in [4.69, 9.17) is 4.74 Å². The predicted molar refractivity (Wildman–Crippen MR) is 66.6 cm³/mol. The number of nitrogens with zero attached hydrogens (tertiary/aromatic N) is 1. The molecule has 1 saturated carbocycles. The van der Waals surface area contributed by atoms with E-state index in [1.807, 2.05) is 25.7 Å². The highest BCUT2D eigenvalue weighted by Crippen LogP contribution is 2.43. The van der Waals surface area contributed by atoms with Crippen LogP contribution in [0.25, 0.3) is 0 Å². The molecule has 4 nitrogen and oxygen atoms in total. The smallest absolute Gasteiger partial charge is 0.244 e. The van der Waals surface area contributed by atoms with Crippen molar-refractivity contribution >= 4 is 5.91 Å². The van der Waals surface area contributed by atoms with E-state index < -0.39 is 0 Å². The Labute approximate surface area is 104 Å². The number of carbonyl (C=O) groups excluding carboxylic acids is 1. The molecule has 0 bridgehead atoms. The Morgan fingerprint density at radius 3 is 2.59 bits per heavy atom. The quantitative estimate of drug-likeness (QED) is 0.792. The van der Waals surface area contributed by atoms with Crippen molar-refractivity contribution in [2.75, 3.05) is 13.2 Å². The lowest BCUT2D eigenvalue weighted by Crippen LogP contribution is -2.46. The molecule has 1 atom stereocenters. The zero-order chi connectivity index (χ0) is 12.7. The van der Waals surface area contributed by atoms with Gasteiger partial charge in [-0.1, -0.05) is 6.92 Å². The first-order chi connectivity index (χ1) is 7.94. The zero-order valence-electron chi connectivity index (χ0n) is 11.4. The summed E-state index contributed by atoms with van der Waals surface area (Å²) in [6.45, 7) is 9.57. The fraction of sp³-hybridized carbons (Fsp3) is 0.923. The van der Waals surface area contributed by atoms with Gasteiger partial charge in [0.05, 0.1) is 23.9 Å². The zero-order valence-corrected chi connectivity index (χ0v) is 11.4. The van der Waals surface area contributed by atoms with Crippen LogP contribution in [0.2, 0.25) is 0 Å². The summed E-state index contributed by atoms with van der Waals surface area (Å²) < 4.78 is 5.70. The van der Waals surface area contributed by atoms with Crippen LogP contribution in [0.5, 0.6) is 0 Å². The third-order valence-electron chi connectivity index (χ3n) is 3.71. The van der Waals surface area contributed by atoms with Crippen LogP contribution in [0.1, 0.15) is 47.0 Å². The third-order valence-corrected chi connectivity index (χ3v) is 3.71. The summed E-state index contributed by atoms with van der Waals surface area (Å²) in [5.74, 6) is 0.275. The molecule has 17 heavy (non-hydrogen) atoms. The summed E-state index contributed by atoms with van der Waals surface area (Å²) in [6.07, 6.45) is 3.13. The number of ether oxygens (including phenoxy) is 1. The van der Waals surface area contributed by atoms with Crippen molar-refractivity contribution in [2.45, 2.75) is 64.3 Å². The van der Waals surface area contributed by atoms with Crippen LogP contribution < -0.4 is 5.32 Å². The third kappa shape index (κ3) is 2.33. The maximum atomic E-state index is 12.3. The highest BCUT2D eigenvalue weighted by molar-refractivity contribution is 5.91. The van der Waals surface area contributed by atoms with E-state index >= 15 is 0 Å². The van der Waals surface area contributed by atoms with Crippen molar-refractivity contribution in [3.05, 3.63) is 0 Å². The number of hydrogen-bond acceptors (Lipinski definition) is 3. The average molecular weight is 240 g/mol. The SMILES string of the molecule is CCOC(C)(C)CN1C(=O)C2(CC2)NC1CC. The van der Waals surface area contributed by atoms with Gasteiger partial charge >= 0.3 is 0 Å². The molecule has 1 unspecified atom stereocenters. The summed E-state index contributed by atoms with van der Waals surface area (Å²) in [4.78, 5) is 14.3. The van der Waals surface area contributed by atoms with Gasteiger partial charge in [0.25, 0.3) is 0 Å². The number of amides is 1. The summed E-state index contributed by atoms with van der Waals surface area (Å²) in [5, 5.41) is 3.48. The van der Waals surface area contributed by atoms with Gasteiger partial charge in [-0.3, -0.25) is 10.1 Å². The molecule has 1 saturated heterocycles. The van der Waals surface area contributed by atoms with Crippen LogP contribution in [0, 0.1) is 0 Å². The molecule has 0 radical (unpaired) electrons. The monoisotopic (exact) mass is 240 g/mol. The second-order valence-electron chi connectivity index (χ2n) is 5.78. The Kier molecular flexibility index (Phi) is 3.21. The van der Waals surface area contributed by atoms with Crippen molar-refractivity contribution in [1.82, 2.24) is 10.2 Å². The van der Waals surface area contributed by atoms with Crippen LogP contribution in [0.3, 0.4) is 0 Å². The molecule has 1 aliphatic carbocycles. The minimum atomic E-state index is -0.264. The van der Waals surface area contributed by atoms with Crippen molar-refractivity contribution < 1.29 is 9.53 Å². The van der Waals surface area contributed by atoms with E-state index in [1.165, 1.54) is 0 Å². The van der Waals surface area contributed by atoms with Gasteiger partial charge in [0, 0.05) is 6.61 Å². The van der Waals surface area contributed by atoms with Crippen LogP contribution in [0.4, 0.5) is 0 Å². The maximum absolute atomic E-state index is 12.3. The fourth-order valence-electron chi connectivity index (χ4n) is 2.71. The van der Waals surface area contributed by atoms with Crippen molar-refractivity contribution in [1.29, 1.82) is 0 Å². The molecule has 0 aromatic rings. The molecule has 1 N–H and O–H groups in total. The fourth-order valence-corrected chi connectivity index (χ4v) is 2.71. The number of carbonyl (C=O) groups is 1. The Morgan fingerprint density at radius 2 is 2.12 bits per heavy atom. The minimum Gasteiger partial charge on any atom is -0.374 e. The van der Waals surface area contributed by atoms with Crippen LogP contribution in [-0.2, 0) is 9.53 Å². The van der Waals surface area contributed by atoms with E-state index in [1.54, 1.807) is 0 Å². The first-order valence-electron chi connectivity index (χ1n) is 6.67. The number of rotatable bonds is 5. The molecule has 4 heteroatoms. The molecule has 2 aliphatic rings. The summed E-state index contributed by atoms with van der Waals surface area (Å²) >= 11 is 0. The molecule has 2 fully saturated rings. The van der Waals surface area contributed by atoms with E-state index in [-0.39, 0.29) is 23.2 Å². The van der Waals surface area contributed by atoms with Crippen LogP contribution in [-0.4, -0.2) is 41.3 Å². The minimum absolute atomic E-state index is 0.185. The molecular weight excluding hydrogens is 216 g/mol. The van der Waals surface area contributed by atoms with Gasteiger partial charge in [-0.25, -0.2) is 0 Å². The number of nitrogens with one attached hydrogen (secondary N) is 1. The maximum Gasteiger partial charge on any atom is 0.244 e. The van der Waals surface area contributed by atoms with Gasteiger partial charge < -0.3 is 9.64 Å². The van der Waals surface area contributed by atoms with Crippen molar-refractivity contribution in [2.24, 2.45) is 0 Å². The normalized spacial score (nSPS) is 26.9. The van der Waals surface area contributed by atoms with Crippen molar-refractivity contribution in [3.8, 4) is 0 Å². The predicted octanol–water partition coefficient (Wildman–Crippen LogP) is 1.50. The molecule has 1 aliphatic heterocycles. The van der Waals surface area contributed by atoms with Crippen molar-refractivity contribution in [3.63, 3.8) is 0 Å². The Balaban J connectivity index is 2.06. The Bertz CT molecular complexity index is 311. The lowest BCUT2D eigenvalue weighted by Gasteiger charge is -2.33. The molecular formula is C13H24N2O2. The van der Waals surface area contributed by atoms with E-state index in [0.717, 1.165) is 19.3 Å². The standard InChI is InChI=1S/C13H24N2O2/c1-5-10-14-13(7-8-13)11(16)15(10)9-12(3,4)17-6-2/h10,14H,5-9H2,1-4H3. The van der Waals surface area contributed by atoms with Gasteiger partial charge in [0.2, 0.25) is 5.91 Å². The first-order valence-corrected chi connectivity index (χ1v) is 6.67. The summed E-state index contributed by atoms with van der Waals surface area (Å²) in [5.41, 5.74) is -0.469. The lowest BCUT2D eigenvalue weighted by atomic mass is 10.1. The highest BCUT2D eigenvalue weighted by atomic mass is 16.5. The lowest BCUT2D eigenvalue weighted by molar-refractivity contribution is -0.135. The van der Waals surface area contributed by atoms with E-state index in [9.17, 15) is 4.79 Å². The van der Waals surface area contributed by atoms with Gasteiger partial charge in [-0.15, -0.1) is 0 Å². The second kappa shape index (κ2) is 4.25. The molecule has 1 spiro atoms. The molecule has 2 rings (SSSR count). The van der Waals surface area contributed by atoms with Gasteiger partial charge in [-0.2, -0.15) is 0 Å². The van der Waals surface area contributed by atoms with E-state index in [0.29, 0.717) is 13.2 Å². The van der Waals surface area contributed by atoms with Gasteiger partial charge in [0.1, 0.15) is 0 Å². The van der Waals surface area contributed by atoms with Gasteiger partial charge in [0.15, 0.2) is 0 Å². The first kappa shape index (κ1) is 12.8. The molecule has 1 amide bonds. The van der Waals surface area contributed by atoms with Crippen LogP contribution >= 0.6 is 0 Å². The highest BCUT2D eigenvalue weighted by Gasteiger charge is 2.59. The molecule has 98 valence electrons. The summed E-state index contributed by atoms with van der Waals surface area (Å²) in [6, 6.07) is 0. The second-order valence-corrected chi connectivity index (χ2v) is 5.78. The topological polar surface area (TPSA) is 41.6 Å². The van der Waals surface area contributed by atoms with Gasteiger partial charge in [-0.05, 0) is 40.0 Å². The Hall–Kier alpha value is -0.610. The Morgan fingerprint density at radius 1 is 1.47 bits per heavy atom. The van der Waals surface area contributed by atoms with Crippen LogP contribution in [0.15, 0.2) is 0 Å². The molecule has 0 aromatic carbocycles.